The molecule has 5 aromatic carbocycles. The summed E-state index contributed by atoms with van der Waals surface area (Å²) in [6.45, 7) is 8.70. The number of hydrogen-bond acceptors (Lipinski definition) is 28. The Bertz CT molecular complexity index is 6240. The highest BCUT2D eigenvalue weighted by Gasteiger charge is 2.29. The van der Waals surface area contributed by atoms with E-state index < -0.39 is 63.7 Å². The highest BCUT2D eigenvalue weighted by Crippen LogP contribution is 2.27. The molecule has 8 aromatic heterocycles. The van der Waals surface area contributed by atoms with E-state index >= 15 is 0 Å². The van der Waals surface area contributed by atoms with Crippen LogP contribution in [0.5, 0.6) is 0 Å². The van der Waals surface area contributed by atoms with Crippen LogP contribution in [0.15, 0.2) is 238 Å². The number of pyridine rings is 4. The maximum atomic E-state index is 12.7. The number of aryl methyl sites for hydroxylation is 4. The van der Waals surface area contributed by atoms with Gasteiger partial charge >= 0.3 is 0 Å². The van der Waals surface area contributed by atoms with Gasteiger partial charge in [0.25, 0.3) is 33.7 Å². The SMILES string of the molecule is CCNS(=O)(=O)c1ccc(C(=O)Nc2nc(C)nc(-c3ccccn3)n2)cc1.CNS(=O)(=O)c1ccc(C(=O)Nc2nc(C)nc(-c3ccccn3)n2)cc1.Cc1nc(NC(=O)c2ccc(S(=O)(=O)NC3CC3)cc2)nc(-c2ccccn2)n1.Cc1nc(NC(=O)c2ccc(S(=O)(=O)Nc3ccccc3Cl)cc2)nc(-c2ccccn2)n1. The van der Waals surface area contributed by atoms with E-state index in [2.05, 4.69) is 120 Å². The Morgan fingerprint density at radius 2 is 0.632 bits per heavy atom. The highest BCUT2D eigenvalue weighted by atomic mass is 35.5. The number of benzene rings is 5. The fraction of sp³-hybridized carbons (Fsp3) is 0.132. The number of hydrogen-bond donors (Lipinski definition) is 8. The van der Waals surface area contributed by atoms with E-state index in [0.29, 0.717) is 69.4 Å². The monoisotopic (exact) mass is 1670 g/mol. The molecule has 0 unspecified atom stereocenters. The Kier molecular flexibility index (Phi) is 27.4. The first-order chi connectivity index (χ1) is 56.0. The third-order valence-electron chi connectivity index (χ3n) is 15.8. The molecule has 1 aliphatic carbocycles. The van der Waals surface area contributed by atoms with Crippen molar-refractivity contribution in [1.82, 2.24) is 93.9 Å². The van der Waals surface area contributed by atoms with Gasteiger partial charge < -0.3 is 0 Å². The zero-order chi connectivity index (χ0) is 83.4. The summed E-state index contributed by atoms with van der Waals surface area (Å²) in [6.07, 6.45) is 8.18. The zero-order valence-corrected chi connectivity index (χ0v) is 66.6. The van der Waals surface area contributed by atoms with Gasteiger partial charge in [0.05, 0.1) is 30.3 Å². The van der Waals surface area contributed by atoms with Gasteiger partial charge in [0, 0.05) is 59.6 Å². The van der Waals surface area contributed by atoms with Gasteiger partial charge in [0.2, 0.25) is 53.9 Å². The number of carbonyl (C=O) groups is 4. The van der Waals surface area contributed by atoms with Crippen LogP contribution in [0.4, 0.5) is 29.5 Å². The number of halogens is 1. The minimum absolute atomic E-state index is 0.0170. The van der Waals surface area contributed by atoms with Crippen LogP contribution in [-0.2, 0) is 40.1 Å². The normalized spacial score (nSPS) is 11.8. The topological polar surface area (TPSA) is 507 Å². The molecule has 8 heterocycles. The molecule has 4 amide bonds. The summed E-state index contributed by atoms with van der Waals surface area (Å²) in [5, 5.41) is 10.7. The molecule has 0 radical (unpaired) electrons. The van der Waals surface area contributed by atoms with E-state index in [4.69, 9.17) is 11.6 Å². The van der Waals surface area contributed by atoms with Crippen LogP contribution in [0.1, 0.15) is 84.5 Å². The molecule has 0 saturated heterocycles. The maximum absolute atomic E-state index is 12.7. The second kappa shape index (κ2) is 38.0. The first-order valence-electron chi connectivity index (χ1n) is 34.9. The van der Waals surface area contributed by atoms with Gasteiger partial charge in [0.1, 0.15) is 46.1 Å². The zero-order valence-electron chi connectivity index (χ0n) is 62.5. The van der Waals surface area contributed by atoms with Gasteiger partial charge in [-0.3, -0.25) is 65.1 Å². The van der Waals surface area contributed by atoms with Gasteiger partial charge in [-0.15, -0.1) is 0 Å². The Hall–Kier alpha value is -13.6. The van der Waals surface area contributed by atoms with Gasteiger partial charge in [-0.2, -0.15) is 39.9 Å². The van der Waals surface area contributed by atoms with Crippen LogP contribution >= 0.6 is 11.6 Å². The van der Waals surface area contributed by atoms with Crippen molar-refractivity contribution in [2.24, 2.45) is 0 Å². The number of sulfonamides is 4. The predicted octanol–water partition coefficient (Wildman–Crippen LogP) is 9.08. The highest BCUT2D eigenvalue weighted by molar-refractivity contribution is 7.92. The molecule has 596 valence electrons. The van der Waals surface area contributed by atoms with Gasteiger partial charge in [0.15, 0.2) is 23.3 Å². The summed E-state index contributed by atoms with van der Waals surface area (Å²) in [4.78, 5) is 117. The summed E-state index contributed by atoms with van der Waals surface area (Å²) in [7, 11) is -13.3. The number of para-hydroxylation sites is 1. The molecule has 117 heavy (non-hydrogen) atoms. The fourth-order valence-electron chi connectivity index (χ4n) is 10.1. The van der Waals surface area contributed by atoms with Crippen molar-refractivity contribution in [2.75, 3.05) is 39.6 Å². The summed E-state index contributed by atoms with van der Waals surface area (Å²) in [5.41, 5.74) is 3.52. The summed E-state index contributed by atoms with van der Waals surface area (Å²) in [5.74, 6) is 1.48. The number of carbonyl (C=O) groups excluding carboxylic acids is 4. The molecule has 0 bridgehead atoms. The lowest BCUT2D eigenvalue weighted by Crippen LogP contribution is -2.25. The van der Waals surface area contributed by atoms with Crippen LogP contribution in [0.2, 0.25) is 5.02 Å². The minimum Gasteiger partial charge on any atom is -0.290 e. The molecule has 1 aliphatic rings. The number of amides is 4. The van der Waals surface area contributed by atoms with E-state index in [9.17, 15) is 52.8 Å². The van der Waals surface area contributed by atoms with Crippen LogP contribution in [0.25, 0.3) is 46.1 Å². The van der Waals surface area contributed by atoms with Crippen molar-refractivity contribution in [2.45, 2.75) is 73.1 Å². The second-order valence-corrected chi connectivity index (χ2v) is 32.0. The van der Waals surface area contributed by atoms with Crippen molar-refractivity contribution < 1.29 is 52.8 Å². The van der Waals surface area contributed by atoms with Crippen molar-refractivity contribution in [3.63, 3.8) is 0 Å². The van der Waals surface area contributed by atoms with Crippen LogP contribution in [0.3, 0.4) is 0 Å². The molecule has 13 aromatic rings. The van der Waals surface area contributed by atoms with Crippen LogP contribution in [0, 0.1) is 27.7 Å². The lowest BCUT2D eigenvalue weighted by atomic mass is 10.2. The third-order valence-corrected chi connectivity index (χ3v) is 22.0. The van der Waals surface area contributed by atoms with E-state index in [1.165, 1.54) is 104 Å². The van der Waals surface area contributed by atoms with Gasteiger partial charge in [-0.05, 0) is 205 Å². The summed E-state index contributed by atoms with van der Waals surface area (Å²) < 4.78 is 107. The smallest absolute Gasteiger partial charge is 0.261 e. The molecule has 36 nitrogen and oxygen atoms in total. The quantitative estimate of drug-likeness (QED) is 0.0296. The van der Waals surface area contributed by atoms with E-state index in [1.807, 2.05) is 12.1 Å². The predicted molar refractivity (Wildman–Crippen MR) is 431 cm³/mol. The number of nitrogens with zero attached hydrogens (tertiary/aromatic N) is 16. The lowest BCUT2D eigenvalue weighted by Gasteiger charge is -2.10. The van der Waals surface area contributed by atoms with E-state index in [-0.39, 0.29) is 88.9 Å². The Morgan fingerprint density at radius 1 is 0.350 bits per heavy atom. The van der Waals surface area contributed by atoms with Crippen LogP contribution in [-0.4, -0.2) is 157 Å². The Labute approximate surface area is 675 Å². The number of anilines is 5. The molecular formula is C76H69ClN24O12S4. The molecule has 8 N–H and O–H groups in total. The fourth-order valence-corrected chi connectivity index (χ4v) is 14.4. The Balaban J connectivity index is 0.000000154. The van der Waals surface area contributed by atoms with Crippen molar-refractivity contribution >= 4 is 105 Å². The van der Waals surface area contributed by atoms with Crippen molar-refractivity contribution in [3.05, 3.63) is 269 Å². The molecule has 1 fully saturated rings. The minimum atomic E-state index is -3.89. The molecule has 0 atom stereocenters. The Morgan fingerprint density at radius 3 is 0.906 bits per heavy atom. The lowest BCUT2D eigenvalue weighted by molar-refractivity contribution is 0.101. The molecule has 1 saturated carbocycles. The van der Waals surface area contributed by atoms with Gasteiger partial charge in [-0.25, -0.2) is 67.8 Å². The molecule has 0 spiro atoms. The summed E-state index contributed by atoms with van der Waals surface area (Å²) >= 11 is 6.02. The first kappa shape index (κ1) is 84.3. The molecular weight excluding hydrogens is 1600 g/mol. The molecule has 0 aliphatic heterocycles. The van der Waals surface area contributed by atoms with Crippen molar-refractivity contribution in [3.8, 4) is 46.1 Å². The third kappa shape index (κ3) is 23.5. The number of nitrogens with one attached hydrogen (secondary N) is 8. The van der Waals surface area contributed by atoms with Crippen LogP contribution < -0.4 is 40.2 Å². The van der Waals surface area contributed by atoms with E-state index in [0.717, 1.165) is 12.8 Å². The summed E-state index contributed by atoms with van der Waals surface area (Å²) in [6, 6.07) is 50.1. The first-order valence-corrected chi connectivity index (χ1v) is 41.3. The average molecular weight is 1670 g/mol. The van der Waals surface area contributed by atoms with Gasteiger partial charge in [-0.1, -0.05) is 54.9 Å². The second-order valence-electron chi connectivity index (χ2n) is 24.6. The molecule has 14 rings (SSSR count). The average Bonchev–Trinajstić information content (AvgIpc) is 1.78. The standard InChI is InChI=1S/C22H17ClN6O3S.C19H18N6O3S.C18H18N6O3S.C17H16N6O3S/c1-14-25-20(19-8-4-5-13-24-19)27-22(26-14)28-21(30)15-9-11-16(12-10-15)33(31,32)29-18-7-3-2-6-17(18)23;1-12-21-17(16-4-2-3-11-20-16)23-19(22-12)24-18(26)13-5-9-15(10-6-13)29(27,28)25-14-7-8-14;1-3-20-28(26,27)14-9-7-13(8-10-14)17(25)24-18-22-12(2)21-16(23-18)15-6-4-5-11-19-15;1-11-20-15(14-5-3-4-10-19-14)22-17(21-11)23-16(24)12-6-8-13(9-7-12)27(25,26)18-2/h2-13,29H,1H3,(H,25,26,27,28,30);2-6,9-11,14,25H,7-8H2,1H3,(H,21,22,23,24,26);4-11,20H,3H2,1-2H3,(H,21,22,23,24,25);3-10,18H,1-2H3,(H,20,21,22,23,24). The largest absolute Gasteiger partial charge is 0.290 e. The van der Waals surface area contributed by atoms with E-state index in [1.54, 1.807) is 144 Å². The molecule has 41 heteroatoms. The number of rotatable bonds is 23. The number of aromatic nitrogens is 16. The van der Waals surface area contributed by atoms with Crippen molar-refractivity contribution in [1.29, 1.82) is 0 Å². The maximum Gasteiger partial charge on any atom is 0.261 e.